The molecule has 2 aromatic heterocycles. The fourth-order valence-electron chi connectivity index (χ4n) is 1.90. The lowest BCUT2D eigenvalue weighted by molar-refractivity contribution is -0.122. The van der Waals surface area contributed by atoms with Gasteiger partial charge in [0.1, 0.15) is 17.6 Å². The summed E-state index contributed by atoms with van der Waals surface area (Å²) >= 11 is 0. The molecular formula is C13H14N6O. The Bertz CT molecular complexity index is 670. The van der Waals surface area contributed by atoms with Crippen molar-refractivity contribution >= 4 is 16.9 Å². The van der Waals surface area contributed by atoms with Gasteiger partial charge in [0, 0.05) is 18.9 Å². The monoisotopic (exact) mass is 270 g/mol. The van der Waals surface area contributed by atoms with Crippen molar-refractivity contribution in [3.63, 3.8) is 0 Å². The van der Waals surface area contributed by atoms with E-state index in [1.54, 1.807) is 10.9 Å². The molecule has 3 aromatic rings. The number of nitrogens with one attached hydrogen (secondary N) is 1. The van der Waals surface area contributed by atoms with Crippen molar-refractivity contribution in [1.82, 2.24) is 30.1 Å². The van der Waals surface area contributed by atoms with E-state index < -0.39 is 0 Å². The van der Waals surface area contributed by atoms with E-state index >= 15 is 0 Å². The van der Waals surface area contributed by atoms with Crippen LogP contribution in [0.4, 0.5) is 0 Å². The van der Waals surface area contributed by atoms with Crippen LogP contribution in [0.5, 0.6) is 0 Å². The molecule has 0 bridgehead atoms. The van der Waals surface area contributed by atoms with Crippen molar-refractivity contribution in [1.29, 1.82) is 0 Å². The van der Waals surface area contributed by atoms with Crippen LogP contribution >= 0.6 is 0 Å². The summed E-state index contributed by atoms with van der Waals surface area (Å²) < 4.78 is 1.76. The molecule has 0 aliphatic rings. The number of carbonyl (C=O) groups is 1. The second-order valence-corrected chi connectivity index (χ2v) is 4.34. The minimum absolute atomic E-state index is 0.113. The quantitative estimate of drug-likeness (QED) is 0.730. The molecule has 20 heavy (non-hydrogen) atoms. The molecule has 1 aromatic carbocycles. The van der Waals surface area contributed by atoms with Crippen molar-refractivity contribution in [2.75, 3.05) is 6.54 Å². The highest BCUT2D eigenvalue weighted by Gasteiger charge is 2.06. The van der Waals surface area contributed by atoms with E-state index in [0.29, 0.717) is 13.1 Å². The molecule has 0 saturated heterocycles. The first-order valence-electron chi connectivity index (χ1n) is 6.35. The van der Waals surface area contributed by atoms with E-state index in [1.807, 2.05) is 36.5 Å². The Morgan fingerprint density at radius 3 is 2.55 bits per heavy atom. The average Bonchev–Trinajstić information content (AvgIpc) is 3.06. The van der Waals surface area contributed by atoms with E-state index in [-0.39, 0.29) is 12.5 Å². The molecule has 2 heterocycles. The average molecular weight is 270 g/mol. The van der Waals surface area contributed by atoms with Gasteiger partial charge < -0.3 is 5.32 Å². The summed E-state index contributed by atoms with van der Waals surface area (Å²) in [7, 11) is 0. The maximum absolute atomic E-state index is 11.8. The minimum Gasteiger partial charge on any atom is -0.353 e. The largest absolute Gasteiger partial charge is 0.353 e. The number of benzene rings is 1. The molecule has 1 N–H and O–H groups in total. The van der Waals surface area contributed by atoms with Crippen molar-refractivity contribution in [2.45, 2.75) is 13.1 Å². The maximum Gasteiger partial charge on any atom is 0.243 e. The number of rotatable bonds is 5. The SMILES string of the molecule is O=C(Cn1nc2ccccc2n1)NCCn1cccn1. The summed E-state index contributed by atoms with van der Waals surface area (Å²) in [5.41, 5.74) is 1.58. The standard InChI is InChI=1S/C13H14N6O/c20-13(14-7-9-18-8-3-6-15-18)10-19-16-11-4-1-2-5-12(11)17-19/h1-6,8H,7,9-10H2,(H,14,20). The van der Waals surface area contributed by atoms with Crippen LogP contribution in [0.25, 0.3) is 11.0 Å². The van der Waals surface area contributed by atoms with Gasteiger partial charge in [0.15, 0.2) is 0 Å². The molecule has 7 heteroatoms. The molecule has 0 aliphatic carbocycles. The number of carbonyl (C=O) groups excluding carboxylic acids is 1. The predicted molar refractivity (Wildman–Crippen MR) is 72.8 cm³/mol. The lowest BCUT2D eigenvalue weighted by Crippen LogP contribution is -2.31. The zero-order chi connectivity index (χ0) is 13.8. The van der Waals surface area contributed by atoms with E-state index in [9.17, 15) is 4.79 Å². The van der Waals surface area contributed by atoms with Crippen LogP contribution in [0.3, 0.4) is 0 Å². The van der Waals surface area contributed by atoms with Crippen LogP contribution in [0, 0.1) is 0 Å². The second-order valence-electron chi connectivity index (χ2n) is 4.34. The third-order valence-corrected chi connectivity index (χ3v) is 2.84. The van der Waals surface area contributed by atoms with Gasteiger partial charge in [-0.3, -0.25) is 9.48 Å². The minimum atomic E-state index is -0.113. The molecule has 0 saturated carbocycles. The molecule has 0 atom stereocenters. The van der Waals surface area contributed by atoms with Gasteiger partial charge in [-0.05, 0) is 18.2 Å². The van der Waals surface area contributed by atoms with Crippen molar-refractivity contribution in [3.05, 3.63) is 42.7 Å². The number of hydrogen-bond acceptors (Lipinski definition) is 4. The summed E-state index contributed by atoms with van der Waals surface area (Å²) in [5, 5.41) is 15.4. The lowest BCUT2D eigenvalue weighted by Gasteiger charge is -2.04. The number of amides is 1. The molecule has 0 aliphatic heterocycles. The summed E-state index contributed by atoms with van der Waals surface area (Å²) in [6.45, 7) is 1.29. The molecule has 0 fully saturated rings. The van der Waals surface area contributed by atoms with Crippen LogP contribution in [0.1, 0.15) is 0 Å². The third-order valence-electron chi connectivity index (χ3n) is 2.84. The molecule has 0 spiro atoms. The van der Waals surface area contributed by atoms with Crippen LogP contribution in [-0.2, 0) is 17.9 Å². The van der Waals surface area contributed by atoms with Gasteiger partial charge in [-0.2, -0.15) is 20.1 Å². The number of aromatic nitrogens is 5. The Labute approximate surface area is 115 Å². The summed E-state index contributed by atoms with van der Waals surface area (Å²) in [5.74, 6) is -0.113. The highest BCUT2D eigenvalue weighted by Crippen LogP contribution is 2.06. The smallest absolute Gasteiger partial charge is 0.243 e. The Morgan fingerprint density at radius 1 is 1.15 bits per heavy atom. The van der Waals surface area contributed by atoms with E-state index in [4.69, 9.17) is 0 Å². The van der Waals surface area contributed by atoms with E-state index in [1.165, 1.54) is 4.80 Å². The molecule has 7 nitrogen and oxygen atoms in total. The zero-order valence-corrected chi connectivity index (χ0v) is 10.8. The van der Waals surface area contributed by atoms with Gasteiger partial charge in [-0.15, -0.1) is 0 Å². The first-order chi connectivity index (χ1) is 9.81. The molecule has 1 amide bonds. The van der Waals surface area contributed by atoms with Gasteiger partial charge >= 0.3 is 0 Å². The van der Waals surface area contributed by atoms with Crippen molar-refractivity contribution < 1.29 is 4.79 Å². The van der Waals surface area contributed by atoms with Crippen LogP contribution in [-0.4, -0.2) is 37.2 Å². The Morgan fingerprint density at radius 2 is 1.90 bits per heavy atom. The maximum atomic E-state index is 11.8. The zero-order valence-electron chi connectivity index (χ0n) is 10.8. The molecule has 102 valence electrons. The van der Waals surface area contributed by atoms with Gasteiger partial charge in [0.05, 0.1) is 6.54 Å². The highest BCUT2D eigenvalue weighted by molar-refractivity contribution is 5.76. The second kappa shape index (κ2) is 5.52. The van der Waals surface area contributed by atoms with Crippen LogP contribution in [0.2, 0.25) is 0 Å². The number of fused-ring (bicyclic) bond motifs is 1. The van der Waals surface area contributed by atoms with Crippen LogP contribution < -0.4 is 5.32 Å². The van der Waals surface area contributed by atoms with Gasteiger partial charge in [-0.25, -0.2) is 0 Å². The van der Waals surface area contributed by atoms with E-state index in [0.717, 1.165) is 11.0 Å². The summed E-state index contributed by atoms with van der Waals surface area (Å²) in [6, 6.07) is 9.38. The van der Waals surface area contributed by atoms with Crippen molar-refractivity contribution in [2.24, 2.45) is 0 Å². The first-order valence-corrected chi connectivity index (χ1v) is 6.35. The predicted octanol–water partition coefficient (Wildman–Crippen LogP) is 0.444. The van der Waals surface area contributed by atoms with E-state index in [2.05, 4.69) is 20.6 Å². The lowest BCUT2D eigenvalue weighted by atomic mass is 10.3. The number of nitrogens with zero attached hydrogens (tertiary/aromatic N) is 5. The summed E-state index contributed by atoms with van der Waals surface area (Å²) in [4.78, 5) is 13.2. The molecule has 0 radical (unpaired) electrons. The molecular weight excluding hydrogens is 256 g/mol. The fourth-order valence-corrected chi connectivity index (χ4v) is 1.90. The van der Waals surface area contributed by atoms with Crippen molar-refractivity contribution in [3.8, 4) is 0 Å². The Hall–Kier alpha value is -2.70. The fraction of sp³-hybridized carbons (Fsp3) is 0.231. The third kappa shape index (κ3) is 2.82. The normalized spacial score (nSPS) is 10.8. The van der Waals surface area contributed by atoms with Gasteiger partial charge in [0.2, 0.25) is 5.91 Å². The molecule has 0 unspecified atom stereocenters. The van der Waals surface area contributed by atoms with Gasteiger partial charge in [0.25, 0.3) is 0 Å². The summed E-state index contributed by atoms with van der Waals surface area (Å²) in [6.07, 6.45) is 3.56. The Balaban J connectivity index is 1.53. The van der Waals surface area contributed by atoms with Crippen LogP contribution in [0.15, 0.2) is 42.7 Å². The topological polar surface area (TPSA) is 77.6 Å². The highest BCUT2D eigenvalue weighted by atomic mass is 16.2. The number of hydrogen-bond donors (Lipinski definition) is 1. The molecule has 3 rings (SSSR count). The first kappa shape index (κ1) is 12.3. The Kier molecular flexibility index (Phi) is 3.40. The van der Waals surface area contributed by atoms with Gasteiger partial charge in [-0.1, -0.05) is 12.1 Å².